The molecule has 0 spiro atoms. The van der Waals surface area contributed by atoms with E-state index < -0.39 is 0 Å². The molecular formula is C16H21BrN2O. The van der Waals surface area contributed by atoms with Gasteiger partial charge in [0.05, 0.1) is 17.1 Å². The lowest BCUT2D eigenvalue weighted by Gasteiger charge is -2.14. The van der Waals surface area contributed by atoms with E-state index in [1.165, 1.54) is 5.56 Å². The van der Waals surface area contributed by atoms with Crippen molar-refractivity contribution >= 4 is 15.9 Å². The third-order valence-corrected chi connectivity index (χ3v) is 4.32. The van der Waals surface area contributed by atoms with Crippen molar-refractivity contribution in [2.24, 2.45) is 5.41 Å². The van der Waals surface area contributed by atoms with E-state index in [4.69, 9.17) is 10.00 Å². The Morgan fingerprint density at radius 2 is 2.25 bits per heavy atom. The van der Waals surface area contributed by atoms with Gasteiger partial charge in [0, 0.05) is 18.4 Å². The lowest BCUT2D eigenvalue weighted by atomic mass is 10.1. The Bertz CT molecular complexity index is 492. The molecule has 4 heteroatoms. The number of nitrogens with one attached hydrogen (secondary N) is 1. The minimum atomic E-state index is 0.121. The molecule has 1 fully saturated rings. The second kappa shape index (κ2) is 7.10. The van der Waals surface area contributed by atoms with Crippen molar-refractivity contribution in [1.29, 1.82) is 5.26 Å². The average molecular weight is 337 g/mol. The first-order chi connectivity index (χ1) is 9.69. The van der Waals surface area contributed by atoms with Crippen molar-refractivity contribution in [2.75, 3.05) is 13.2 Å². The molecule has 20 heavy (non-hydrogen) atoms. The Labute approximate surface area is 129 Å². The third kappa shape index (κ3) is 4.22. The molecule has 2 rings (SSSR count). The summed E-state index contributed by atoms with van der Waals surface area (Å²) < 4.78 is 6.87. The molecule has 1 N–H and O–H groups in total. The van der Waals surface area contributed by atoms with Crippen molar-refractivity contribution in [3.63, 3.8) is 0 Å². The standard InChI is InChI=1S/C16H21BrN2O/c1-2-9-19-11-13-3-4-15(14(17)10-13)20-12-16(5-6-16)7-8-18/h3-4,10,19H,2,5-7,9,11-12H2,1H3. The summed E-state index contributed by atoms with van der Waals surface area (Å²) in [6, 6.07) is 8.46. The van der Waals surface area contributed by atoms with Gasteiger partial charge in [-0.25, -0.2) is 0 Å². The van der Waals surface area contributed by atoms with E-state index in [9.17, 15) is 0 Å². The number of hydrogen-bond donors (Lipinski definition) is 1. The normalized spacial score (nSPS) is 15.7. The molecule has 0 saturated heterocycles. The minimum Gasteiger partial charge on any atom is -0.492 e. The van der Waals surface area contributed by atoms with Crippen LogP contribution in [0.15, 0.2) is 22.7 Å². The molecule has 1 aliphatic rings. The molecule has 0 radical (unpaired) electrons. The highest BCUT2D eigenvalue weighted by Gasteiger charge is 2.43. The van der Waals surface area contributed by atoms with E-state index in [1.54, 1.807) is 0 Å². The maximum Gasteiger partial charge on any atom is 0.133 e. The third-order valence-electron chi connectivity index (χ3n) is 3.70. The quantitative estimate of drug-likeness (QED) is 0.729. The molecule has 1 aromatic rings. The van der Waals surface area contributed by atoms with E-state index in [0.717, 1.165) is 42.6 Å². The van der Waals surface area contributed by atoms with Gasteiger partial charge in [-0.3, -0.25) is 0 Å². The molecule has 0 heterocycles. The number of nitriles is 1. The molecule has 108 valence electrons. The molecule has 1 aliphatic carbocycles. The molecule has 0 unspecified atom stereocenters. The molecule has 3 nitrogen and oxygen atoms in total. The first-order valence-electron chi connectivity index (χ1n) is 7.18. The van der Waals surface area contributed by atoms with Gasteiger partial charge in [-0.1, -0.05) is 13.0 Å². The van der Waals surface area contributed by atoms with Gasteiger partial charge < -0.3 is 10.1 Å². The highest BCUT2D eigenvalue weighted by Crippen LogP contribution is 2.49. The Balaban J connectivity index is 1.88. The Morgan fingerprint density at radius 3 is 2.85 bits per heavy atom. The highest BCUT2D eigenvalue weighted by molar-refractivity contribution is 9.10. The Morgan fingerprint density at radius 1 is 1.45 bits per heavy atom. The molecule has 0 atom stereocenters. The number of ether oxygens (including phenoxy) is 1. The van der Waals surface area contributed by atoms with E-state index in [2.05, 4.69) is 46.4 Å². The zero-order valence-electron chi connectivity index (χ0n) is 11.9. The molecule has 0 amide bonds. The van der Waals surface area contributed by atoms with E-state index >= 15 is 0 Å². The SMILES string of the molecule is CCCNCc1ccc(OCC2(CC#N)CC2)c(Br)c1. The van der Waals surface area contributed by atoms with Crippen LogP contribution in [0.3, 0.4) is 0 Å². The van der Waals surface area contributed by atoms with Crippen LogP contribution >= 0.6 is 15.9 Å². The first kappa shape index (κ1) is 15.3. The number of halogens is 1. The van der Waals surface area contributed by atoms with Gasteiger partial charge in [0.25, 0.3) is 0 Å². The molecule has 0 bridgehead atoms. The van der Waals surface area contributed by atoms with Gasteiger partial charge in [-0.2, -0.15) is 5.26 Å². The lowest BCUT2D eigenvalue weighted by molar-refractivity contribution is 0.235. The Hall–Kier alpha value is -1.05. The second-order valence-corrected chi connectivity index (χ2v) is 6.42. The predicted octanol–water partition coefficient (Wildman–Crippen LogP) is 4.02. The van der Waals surface area contributed by atoms with Gasteiger partial charge in [0.15, 0.2) is 0 Å². The number of hydrogen-bond acceptors (Lipinski definition) is 3. The van der Waals surface area contributed by atoms with Gasteiger partial charge in [0.2, 0.25) is 0 Å². The van der Waals surface area contributed by atoms with Crippen LogP contribution < -0.4 is 10.1 Å². The van der Waals surface area contributed by atoms with Crippen LogP contribution in [0.4, 0.5) is 0 Å². The molecule has 0 aromatic heterocycles. The molecule has 0 aliphatic heterocycles. The fraction of sp³-hybridized carbons (Fsp3) is 0.562. The topological polar surface area (TPSA) is 45.0 Å². The van der Waals surface area contributed by atoms with Gasteiger partial charge in [0.1, 0.15) is 5.75 Å². The maximum absolute atomic E-state index is 8.81. The number of benzene rings is 1. The fourth-order valence-electron chi connectivity index (χ4n) is 2.13. The van der Waals surface area contributed by atoms with Crippen molar-refractivity contribution in [2.45, 2.75) is 39.2 Å². The fourth-order valence-corrected chi connectivity index (χ4v) is 2.67. The van der Waals surface area contributed by atoms with Gasteiger partial charge in [-0.05, 0) is 59.4 Å². The Kier molecular flexibility index (Phi) is 5.45. The van der Waals surface area contributed by atoms with Crippen molar-refractivity contribution in [1.82, 2.24) is 5.32 Å². The molecule has 1 saturated carbocycles. The summed E-state index contributed by atoms with van der Waals surface area (Å²) in [4.78, 5) is 0. The summed E-state index contributed by atoms with van der Waals surface area (Å²) in [6.45, 7) is 4.72. The summed E-state index contributed by atoms with van der Waals surface area (Å²) in [6.07, 6.45) is 3.96. The number of rotatable bonds is 8. The van der Waals surface area contributed by atoms with E-state index in [-0.39, 0.29) is 5.41 Å². The first-order valence-corrected chi connectivity index (χ1v) is 7.97. The second-order valence-electron chi connectivity index (χ2n) is 5.57. The van der Waals surface area contributed by atoms with Crippen molar-refractivity contribution < 1.29 is 4.74 Å². The summed E-state index contributed by atoms with van der Waals surface area (Å²) >= 11 is 3.57. The molecule has 1 aromatic carbocycles. The minimum absolute atomic E-state index is 0.121. The average Bonchev–Trinajstić information content (AvgIpc) is 3.19. The smallest absolute Gasteiger partial charge is 0.133 e. The van der Waals surface area contributed by atoms with Crippen LogP contribution in [-0.2, 0) is 6.54 Å². The van der Waals surface area contributed by atoms with Crippen LogP contribution in [-0.4, -0.2) is 13.2 Å². The summed E-state index contributed by atoms with van der Waals surface area (Å²) in [5, 5.41) is 12.2. The summed E-state index contributed by atoms with van der Waals surface area (Å²) in [5.74, 6) is 0.869. The van der Waals surface area contributed by atoms with Crippen LogP contribution in [0.2, 0.25) is 0 Å². The zero-order valence-corrected chi connectivity index (χ0v) is 13.5. The van der Waals surface area contributed by atoms with Crippen molar-refractivity contribution in [3.05, 3.63) is 28.2 Å². The highest BCUT2D eigenvalue weighted by atomic mass is 79.9. The van der Waals surface area contributed by atoms with Crippen LogP contribution in [0.5, 0.6) is 5.75 Å². The maximum atomic E-state index is 8.81. The van der Waals surface area contributed by atoms with Crippen LogP contribution in [0, 0.1) is 16.7 Å². The lowest BCUT2D eigenvalue weighted by Crippen LogP contribution is -2.14. The van der Waals surface area contributed by atoms with E-state index in [0.29, 0.717) is 13.0 Å². The summed E-state index contributed by atoms with van der Waals surface area (Å²) in [7, 11) is 0. The van der Waals surface area contributed by atoms with Crippen LogP contribution in [0.25, 0.3) is 0 Å². The largest absolute Gasteiger partial charge is 0.492 e. The van der Waals surface area contributed by atoms with E-state index in [1.807, 2.05) is 6.07 Å². The predicted molar refractivity (Wildman–Crippen MR) is 83.5 cm³/mol. The van der Waals surface area contributed by atoms with Gasteiger partial charge >= 0.3 is 0 Å². The monoisotopic (exact) mass is 336 g/mol. The summed E-state index contributed by atoms with van der Waals surface area (Å²) in [5.41, 5.74) is 1.37. The zero-order chi connectivity index (χ0) is 14.4. The van der Waals surface area contributed by atoms with Crippen LogP contribution in [0.1, 0.15) is 38.2 Å². The van der Waals surface area contributed by atoms with Gasteiger partial charge in [-0.15, -0.1) is 0 Å². The van der Waals surface area contributed by atoms with Crippen molar-refractivity contribution in [3.8, 4) is 11.8 Å². The number of nitrogens with zero attached hydrogens (tertiary/aromatic N) is 1. The molecular weight excluding hydrogens is 316 g/mol.